The third-order valence-corrected chi connectivity index (χ3v) is 10.0. The van der Waals surface area contributed by atoms with Crippen LogP contribution in [0.15, 0.2) is 96.2 Å². The number of anilines is 2. The van der Waals surface area contributed by atoms with Crippen LogP contribution in [0.5, 0.6) is 0 Å². The molecule has 3 N–H and O–H groups in total. The Hall–Kier alpha value is -3.90. The molecule has 1 amide bonds. The number of hydrogen-bond acceptors (Lipinski definition) is 6. The van der Waals surface area contributed by atoms with Crippen LogP contribution in [0.2, 0.25) is 5.02 Å². The second-order valence-corrected chi connectivity index (χ2v) is 13.3. The van der Waals surface area contributed by atoms with Crippen LogP contribution in [0.25, 0.3) is 0 Å². The first-order chi connectivity index (χ1) is 21.6. The quantitative estimate of drug-likeness (QED) is 0.193. The topological polar surface area (TPSA) is 103 Å². The number of aromatic nitrogens is 1. The van der Waals surface area contributed by atoms with E-state index in [1.54, 1.807) is 60.7 Å². The average molecular weight is 654 g/mol. The minimum atomic E-state index is -3.80. The predicted octanol–water partition coefficient (Wildman–Crippen LogP) is 5.66. The number of benzene rings is 3. The Labute approximate surface area is 266 Å². The van der Waals surface area contributed by atoms with E-state index in [9.17, 15) is 17.6 Å². The summed E-state index contributed by atoms with van der Waals surface area (Å²) in [6.45, 7) is 2.76. The molecule has 0 spiro atoms. The summed E-state index contributed by atoms with van der Waals surface area (Å²) in [5.74, 6) is -1.57. The van der Waals surface area contributed by atoms with Gasteiger partial charge in [0.05, 0.1) is 23.0 Å². The van der Waals surface area contributed by atoms with Gasteiger partial charge in [-0.1, -0.05) is 48.0 Å². The van der Waals surface area contributed by atoms with Gasteiger partial charge in [-0.25, -0.2) is 17.2 Å². The lowest BCUT2D eigenvalue weighted by molar-refractivity contribution is -0.116. The van der Waals surface area contributed by atoms with Crippen LogP contribution in [0, 0.1) is 11.6 Å². The number of nitrogens with zero attached hydrogens (tertiary/aromatic N) is 2. The smallest absolute Gasteiger partial charge is 0.247 e. The van der Waals surface area contributed by atoms with E-state index in [0.29, 0.717) is 35.8 Å². The molecule has 1 aliphatic rings. The summed E-state index contributed by atoms with van der Waals surface area (Å²) in [6.07, 6.45) is 3.09. The molecule has 0 saturated carbocycles. The Balaban J connectivity index is 1.40. The standard InChI is InChI=1S/C33H34ClF2N5O3S/c1-22-18-37-21-27(41(22)45(43,44)28-9-3-2-4-10-28)13-14-29-30(36)11-6-12-31(29)40-32(16-23-7-5-8-24(34)15-23)33(42)39-26-17-25(35)19-38-20-26/h2-12,15,17,19-20,22,27,32,37,40H,13-14,16,18,21H2,1H3,(H,39,42)/t22-,27+,32+/m1/s1. The van der Waals surface area contributed by atoms with E-state index < -0.39 is 39.6 Å². The average Bonchev–Trinajstić information content (AvgIpc) is 3.01. The summed E-state index contributed by atoms with van der Waals surface area (Å²) in [5.41, 5.74) is 1.65. The van der Waals surface area contributed by atoms with Crippen LogP contribution in [0.1, 0.15) is 24.5 Å². The Morgan fingerprint density at radius 1 is 1.04 bits per heavy atom. The third-order valence-electron chi connectivity index (χ3n) is 7.73. The number of halogens is 3. The molecule has 0 radical (unpaired) electrons. The van der Waals surface area contributed by atoms with Crippen molar-refractivity contribution in [1.82, 2.24) is 14.6 Å². The molecule has 1 fully saturated rings. The Morgan fingerprint density at radius 3 is 2.58 bits per heavy atom. The highest BCUT2D eigenvalue weighted by molar-refractivity contribution is 7.89. The third kappa shape index (κ3) is 8.04. The zero-order chi connectivity index (χ0) is 32.0. The number of amides is 1. The van der Waals surface area contributed by atoms with Crippen LogP contribution in [0.3, 0.4) is 0 Å². The van der Waals surface area contributed by atoms with Crippen molar-refractivity contribution in [3.63, 3.8) is 0 Å². The summed E-state index contributed by atoms with van der Waals surface area (Å²) in [7, 11) is -3.80. The van der Waals surface area contributed by atoms with Gasteiger partial charge in [-0.05, 0) is 61.7 Å². The summed E-state index contributed by atoms with van der Waals surface area (Å²) in [6, 6.07) is 19.4. The van der Waals surface area contributed by atoms with Gasteiger partial charge >= 0.3 is 0 Å². The number of pyridine rings is 1. The minimum Gasteiger partial charge on any atom is -0.373 e. The van der Waals surface area contributed by atoms with E-state index in [4.69, 9.17) is 11.6 Å². The number of nitrogens with one attached hydrogen (secondary N) is 3. The van der Waals surface area contributed by atoms with Crippen LogP contribution >= 0.6 is 11.6 Å². The van der Waals surface area contributed by atoms with Crippen LogP contribution in [0.4, 0.5) is 20.2 Å². The molecule has 3 atom stereocenters. The first-order valence-electron chi connectivity index (χ1n) is 14.6. The summed E-state index contributed by atoms with van der Waals surface area (Å²) < 4.78 is 58.1. The second kappa shape index (κ2) is 14.5. The highest BCUT2D eigenvalue weighted by Crippen LogP contribution is 2.28. The fourth-order valence-corrected chi connectivity index (χ4v) is 7.72. The van der Waals surface area contributed by atoms with Crippen molar-refractivity contribution in [2.45, 2.75) is 49.2 Å². The number of carbonyl (C=O) groups excluding carboxylic acids is 1. The summed E-state index contributed by atoms with van der Waals surface area (Å²) in [4.78, 5) is 17.5. The van der Waals surface area contributed by atoms with Gasteiger partial charge in [0.15, 0.2) is 0 Å². The van der Waals surface area contributed by atoms with Crippen molar-refractivity contribution in [2.24, 2.45) is 0 Å². The SMILES string of the molecule is C[C@@H]1CNC[C@H](CCc2c(F)cccc2N[C@@H](Cc2cccc(Cl)c2)C(=O)Nc2cncc(F)c2)N1S(=O)(=O)c1ccccc1. The van der Waals surface area contributed by atoms with Gasteiger partial charge in [0.25, 0.3) is 0 Å². The van der Waals surface area contributed by atoms with Crippen molar-refractivity contribution in [3.8, 4) is 0 Å². The Morgan fingerprint density at radius 2 is 1.82 bits per heavy atom. The molecule has 4 aromatic rings. The fraction of sp³-hybridized carbons (Fsp3) is 0.273. The molecule has 0 bridgehead atoms. The van der Waals surface area contributed by atoms with E-state index in [-0.39, 0.29) is 29.5 Å². The van der Waals surface area contributed by atoms with E-state index in [1.165, 1.54) is 16.6 Å². The first kappa shape index (κ1) is 32.5. The lowest BCUT2D eigenvalue weighted by atomic mass is 9.99. The van der Waals surface area contributed by atoms with Crippen molar-refractivity contribution >= 4 is 38.9 Å². The molecule has 12 heteroatoms. The van der Waals surface area contributed by atoms with Crippen molar-refractivity contribution < 1.29 is 22.0 Å². The van der Waals surface area contributed by atoms with Gasteiger partial charge in [-0.2, -0.15) is 4.31 Å². The largest absolute Gasteiger partial charge is 0.373 e. The second-order valence-electron chi connectivity index (χ2n) is 11.0. The Bertz CT molecular complexity index is 1750. The molecule has 1 aliphatic heterocycles. The van der Waals surface area contributed by atoms with Crippen LogP contribution in [-0.2, 0) is 27.7 Å². The molecule has 1 aromatic heterocycles. The van der Waals surface area contributed by atoms with Crippen LogP contribution in [-0.4, -0.2) is 54.8 Å². The molecule has 2 heterocycles. The number of rotatable bonds is 11. The van der Waals surface area contributed by atoms with Gasteiger partial charge in [0.1, 0.15) is 17.7 Å². The van der Waals surface area contributed by atoms with Crippen molar-refractivity contribution in [3.05, 3.63) is 119 Å². The molecule has 236 valence electrons. The first-order valence-corrected chi connectivity index (χ1v) is 16.4. The van der Waals surface area contributed by atoms with Gasteiger partial charge in [0, 0.05) is 53.9 Å². The number of carbonyl (C=O) groups is 1. The van der Waals surface area contributed by atoms with Gasteiger partial charge in [-0.15, -0.1) is 0 Å². The maximum atomic E-state index is 15.4. The zero-order valence-electron chi connectivity index (χ0n) is 24.6. The maximum absolute atomic E-state index is 15.4. The van der Waals surface area contributed by atoms with Gasteiger partial charge in [0.2, 0.25) is 15.9 Å². The Kier molecular flexibility index (Phi) is 10.4. The highest BCUT2D eigenvalue weighted by Gasteiger charge is 2.37. The van der Waals surface area contributed by atoms with E-state index >= 15 is 4.39 Å². The molecule has 3 aromatic carbocycles. The van der Waals surface area contributed by atoms with E-state index in [2.05, 4.69) is 20.9 Å². The lowest BCUT2D eigenvalue weighted by Crippen LogP contribution is -2.58. The van der Waals surface area contributed by atoms with Gasteiger partial charge < -0.3 is 16.0 Å². The highest BCUT2D eigenvalue weighted by atomic mass is 35.5. The summed E-state index contributed by atoms with van der Waals surface area (Å²) in [5, 5.41) is 9.68. The molecular formula is C33H34ClF2N5O3S. The lowest BCUT2D eigenvalue weighted by Gasteiger charge is -2.40. The van der Waals surface area contributed by atoms with Crippen molar-refractivity contribution in [2.75, 3.05) is 23.7 Å². The van der Waals surface area contributed by atoms with Crippen LogP contribution < -0.4 is 16.0 Å². The fourth-order valence-electron chi connectivity index (χ4n) is 5.64. The minimum absolute atomic E-state index is 0.177. The van der Waals surface area contributed by atoms with E-state index in [1.807, 2.05) is 13.0 Å². The molecule has 0 unspecified atom stereocenters. The number of piperazine rings is 1. The summed E-state index contributed by atoms with van der Waals surface area (Å²) >= 11 is 6.20. The molecule has 1 saturated heterocycles. The maximum Gasteiger partial charge on any atom is 0.247 e. The molecule has 45 heavy (non-hydrogen) atoms. The van der Waals surface area contributed by atoms with E-state index in [0.717, 1.165) is 17.8 Å². The van der Waals surface area contributed by atoms with Crippen molar-refractivity contribution in [1.29, 1.82) is 0 Å². The molecular weight excluding hydrogens is 620 g/mol. The molecule has 5 rings (SSSR count). The number of sulfonamides is 1. The molecule has 8 nitrogen and oxygen atoms in total. The van der Waals surface area contributed by atoms with Gasteiger partial charge in [-0.3, -0.25) is 9.78 Å². The predicted molar refractivity (Wildman–Crippen MR) is 172 cm³/mol. The monoisotopic (exact) mass is 653 g/mol. The number of hydrogen-bond donors (Lipinski definition) is 3. The zero-order valence-corrected chi connectivity index (χ0v) is 26.2. The molecule has 0 aliphatic carbocycles. The normalized spacial score (nSPS) is 17.9.